The van der Waals surface area contributed by atoms with Gasteiger partial charge >= 0.3 is 5.69 Å². The van der Waals surface area contributed by atoms with Crippen LogP contribution in [0.25, 0.3) is 10.2 Å². The molecule has 1 amide bonds. The molecule has 0 saturated heterocycles. The number of carbonyl (C=O) groups is 1. The number of nitrogens with zero attached hydrogens (tertiary/aromatic N) is 2. The smallest absolute Gasteiger partial charge is 0.332 e. The van der Waals surface area contributed by atoms with E-state index in [1.165, 1.54) is 15.9 Å². The Morgan fingerprint density at radius 3 is 2.81 bits per heavy atom. The predicted molar refractivity (Wildman–Crippen MR) is 98.6 cm³/mol. The zero-order valence-electron chi connectivity index (χ0n) is 15.1. The molecule has 2 aromatic heterocycles. The van der Waals surface area contributed by atoms with E-state index in [1.54, 1.807) is 7.05 Å². The highest BCUT2D eigenvalue weighted by Gasteiger charge is 2.31. The molecule has 142 valence electrons. The van der Waals surface area contributed by atoms with Gasteiger partial charge in [-0.1, -0.05) is 0 Å². The van der Waals surface area contributed by atoms with Crippen LogP contribution in [0.1, 0.15) is 30.7 Å². The van der Waals surface area contributed by atoms with E-state index in [-0.39, 0.29) is 18.8 Å². The number of hydrogen-bond acceptors (Lipinski definition) is 6. The Morgan fingerprint density at radius 1 is 1.38 bits per heavy atom. The van der Waals surface area contributed by atoms with Crippen molar-refractivity contribution in [2.24, 2.45) is 7.05 Å². The van der Waals surface area contributed by atoms with Crippen LogP contribution in [0.4, 0.5) is 0 Å². The molecule has 0 aliphatic carbocycles. The van der Waals surface area contributed by atoms with Crippen LogP contribution < -0.4 is 16.6 Å². The molecule has 3 rings (SSSR count). The van der Waals surface area contributed by atoms with Gasteiger partial charge in [-0.15, -0.1) is 11.3 Å². The molecule has 0 aromatic carbocycles. The van der Waals surface area contributed by atoms with Gasteiger partial charge in [-0.25, -0.2) is 4.79 Å². The lowest BCUT2D eigenvalue weighted by Gasteiger charge is -2.29. The maximum Gasteiger partial charge on any atom is 0.332 e. The lowest BCUT2D eigenvalue weighted by molar-refractivity contribution is -0.121. The molecule has 2 aromatic rings. The number of nitrogens with one attached hydrogen (secondary N) is 1. The van der Waals surface area contributed by atoms with Crippen LogP contribution in [0.5, 0.6) is 0 Å². The first kappa shape index (κ1) is 18.8. The first-order chi connectivity index (χ1) is 12.2. The second-order valence-electron chi connectivity index (χ2n) is 7.07. The zero-order valence-corrected chi connectivity index (χ0v) is 15.9. The molecule has 2 N–H and O–H groups in total. The summed E-state index contributed by atoms with van der Waals surface area (Å²) in [6.07, 6.45) is 1.00. The van der Waals surface area contributed by atoms with Crippen molar-refractivity contribution in [2.75, 3.05) is 13.2 Å². The predicted octanol–water partition coefficient (Wildman–Crippen LogP) is 0.112. The zero-order chi connectivity index (χ0) is 19.1. The van der Waals surface area contributed by atoms with Crippen molar-refractivity contribution in [2.45, 2.75) is 45.4 Å². The average molecular weight is 381 g/mol. The van der Waals surface area contributed by atoms with Gasteiger partial charge in [0.25, 0.3) is 5.56 Å². The summed E-state index contributed by atoms with van der Waals surface area (Å²) in [5.41, 5.74) is -0.417. The minimum atomic E-state index is -0.515. The number of carbonyl (C=O) groups excluding carboxylic acids is 1. The molecule has 8 nitrogen and oxygen atoms in total. The Hall–Kier alpha value is -1.97. The first-order valence-electron chi connectivity index (χ1n) is 8.51. The van der Waals surface area contributed by atoms with Crippen molar-refractivity contribution in [3.63, 3.8) is 0 Å². The largest absolute Gasteiger partial charge is 0.396 e. The molecule has 0 fully saturated rings. The van der Waals surface area contributed by atoms with Gasteiger partial charge in [0, 0.05) is 31.5 Å². The number of rotatable bonds is 5. The summed E-state index contributed by atoms with van der Waals surface area (Å²) >= 11 is 1.40. The minimum Gasteiger partial charge on any atom is -0.396 e. The number of aliphatic hydroxyl groups excluding tert-OH is 1. The van der Waals surface area contributed by atoms with Crippen molar-refractivity contribution < 1.29 is 14.6 Å². The summed E-state index contributed by atoms with van der Waals surface area (Å²) < 4.78 is 8.21. The third kappa shape index (κ3) is 3.34. The van der Waals surface area contributed by atoms with Crippen molar-refractivity contribution >= 4 is 27.5 Å². The van der Waals surface area contributed by atoms with Gasteiger partial charge in [-0.2, -0.15) is 0 Å². The fourth-order valence-electron chi connectivity index (χ4n) is 3.13. The average Bonchev–Trinajstić information content (AvgIpc) is 2.94. The van der Waals surface area contributed by atoms with Gasteiger partial charge in [0.2, 0.25) is 5.91 Å². The van der Waals surface area contributed by atoms with Crippen LogP contribution in [0.3, 0.4) is 0 Å². The number of ether oxygens (including phenoxy) is 1. The van der Waals surface area contributed by atoms with Gasteiger partial charge in [0.15, 0.2) is 0 Å². The number of hydrogen-bond donors (Lipinski definition) is 2. The van der Waals surface area contributed by atoms with E-state index >= 15 is 0 Å². The molecular formula is C17H23N3O5S. The Labute approximate surface area is 154 Å². The van der Waals surface area contributed by atoms with E-state index in [0.29, 0.717) is 36.2 Å². The summed E-state index contributed by atoms with van der Waals surface area (Å²) in [6.45, 7) is 4.27. The first-order valence-corrected chi connectivity index (χ1v) is 9.32. The highest BCUT2D eigenvalue weighted by Crippen LogP contribution is 2.36. The minimum absolute atomic E-state index is 0.0349. The topological polar surface area (TPSA) is 103 Å². The molecule has 9 heteroatoms. The van der Waals surface area contributed by atoms with E-state index in [9.17, 15) is 14.4 Å². The van der Waals surface area contributed by atoms with Crippen molar-refractivity contribution in [1.82, 2.24) is 14.5 Å². The molecule has 1 aliphatic rings. The number of amides is 1. The van der Waals surface area contributed by atoms with E-state index in [4.69, 9.17) is 9.84 Å². The van der Waals surface area contributed by atoms with Gasteiger partial charge in [-0.05, 0) is 25.8 Å². The normalized spacial score (nSPS) is 15.8. The maximum atomic E-state index is 13.0. The van der Waals surface area contributed by atoms with Crippen LogP contribution in [-0.4, -0.2) is 38.9 Å². The Kier molecular flexibility index (Phi) is 5.05. The lowest BCUT2D eigenvalue weighted by atomic mass is 9.94. The lowest BCUT2D eigenvalue weighted by Crippen LogP contribution is -2.43. The Morgan fingerprint density at radius 2 is 2.12 bits per heavy atom. The highest BCUT2D eigenvalue weighted by atomic mass is 32.1. The number of aryl methyl sites for hydroxylation is 1. The Balaban J connectivity index is 2.07. The van der Waals surface area contributed by atoms with Crippen LogP contribution in [0.15, 0.2) is 9.59 Å². The molecule has 0 radical (unpaired) electrons. The fourth-order valence-corrected chi connectivity index (χ4v) is 4.31. The SMILES string of the molecule is Cn1c(=O)n(CC(=O)NCCCO)c(=O)c2c3c(sc21)COC(C)(C)C3. The van der Waals surface area contributed by atoms with Crippen molar-refractivity contribution in [3.05, 3.63) is 31.3 Å². The van der Waals surface area contributed by atoms with E-state index in [0.717, 1.165) is 15.0 Å². The quantitative estimate of drug-likeness (QED) is 0.716. The molecule has 3 heterocycles. The fraction of sp³-hybridized carbons (Fsp3) is 0.588. The molecule has 0 saturated carbocycles. The Bertz CT molecular complexity index is 969. The van der Waals surface area contributed by atoms with Gasteiger partial charge in [0.05, 0.1) is 17.6 Å². The third-order valence-electron chi connectivity index (χ3n) is 4.51. The molecule has 0 atom stereocenters. The number of thiophene rings is 1. The summed E-state index contributed by atoms with van der Waals surface area (Å²) in [7, 11) is 1.61. The molecule has 0 unspecified atom stereocenters. The summed E-state index contributed by atoms with van der Waals surface area (Å²) in [5, 5.41) is 11.9. The summed E-state index contributed by atoms with van der Waals surface area (Å²) in [5.74, 6) is -0.426. The van der Waals surface area contributed by atoms with Crippen LogP contribution in [0, 0.1) is 0 Å². The number of aliphatic hydroxyl groups is 1. The second-order valence-corrected chi connectivity index (χ2v) is 8.15. The van der Waals surface area contributed by atoms with Gasteiger partial charge < -0.3 is 15.2 Å². The number of aromatic nitrogens is 2. The summed E-state index contributed by atoms with van der Waals surface area (Å²) in [4.78, 5) is 39.2. The van der Waals surface area contributed by atoms with E-state index in [2.05, 4.69) is 5.32 Å². The third-order valence-corrected chi connectivity index (χ3v) is 5.79. The van der Waals surface area contributed by atoms with Gasteiger partial charge in [-0.3, -0.25) is 18.7 Å². The molecule has 1 aliphatic heterocycles. The van der Waals surface area contributed by atoms with E-state index < -0.39 is 17.2 Å². The molecule has 26 heavy (non-hydrogen) atoms. The standard InChI is InChI=1S/C17H23N3O5S/c1-17(2)7-10-11(9-25-17)26-15-13(10)14(23)20(16(24)19(15)3)8-12(22)18-5-4-6-21/h21H,4-9H2,1-3H3,(H,18,22). The van der Waals surface area contributed by atoms with Crippen LogP contribution >= 0.6 is 11.3 Å². The second kappa shape index (κ2) is 6.98. The van der Waals surface area contributed by atoms with Crippen molar-refractivity contribution in [1.29, 1.82) is 0 Å². The monoisotopic (exact) mass is 381 g/mol. The van der Waals surface area contributed by atoms with Crippen molar-refractivity contribution in [3.8, 4) is 0 Å². The molecule has 0 bridgehead atoms. The van der Waals surface area contributed by atoms with Crippen LogP contribution in [-0.2, 0) is 36.2 Å². The highest BCUT2D eigenvalue weighted by molar-refractivity contribution is 7.18. The van der Waals surface area contributed by atoms with Gasteiger partial charge in [0.1, 0.15) is 11.4 Å². The molecule has 0 spiro atoms. The number of fused-ring (bicyclic) bond motifs is 3. The summed E-state index contributed by atoms with van der Waals surface area (Å²) in [6, 6.07) is 0. The maximum absolute atomic E-state index is 13.0. The van der Waals surface area contributed by atoms with Crippen LogP contribution in [0.2, 0.25) is 0 Å². The molecular weight excluding hydrogens is 358 g/mol. The van der Waals surface area contributed by atoms with E-state index in [1.807, 2.05) is 13.8 Å².